The molecule has 5 heteroatoms. The van der Waals surface area contributed by atoms with E-state index < -0.39 is 0 Å². The van der Waals surface area contributed by atoms with Crippen molar-refractivity contribution in [2.45, 2.75) is 38.1 Å². The summed E-state index contributed by atoms with van der Waals surface area (Å²) in [6.07, 6.45) is 16.6. The van der Waals surface area contributed by atoms with Gasteiger partial charge >= 0.3 is 0 Å². The van der Waals surface area contributed by atoms with Crippen molar-refractivity contribution in [3.63, 3.8) is 0 Å². The molecule has 2 aromatic heterocycles. The fourth-order valence-electron chi connectivity index (χ4n) is 4.76. The first-order valence-corrected chi connectivity index (χ1v) is 12.3. The molecule has 4 rings (SSSR count). The van der Waals surface area contributed by atoms with Crippen LogP contribution in [0.2, 0.25) is 0 Å². The van der Waals surface area contributed by atoms with Crippen molar-refractivity contribution in [1.29, 1.82) is 0 Å². The molecule has 0 aliphatic carbocycles. The lowest BCUT2D eigenvalue weighted by Crippen LogP contribution is -2.37. The third kappa shape index (κ3) is 7.09. The quantitative estimate of drug-likeness (QED) is 0.335. The number of amides is 1. The van der Waals surface area contributed by atoms with E-state index >= 15 is 0 Å². The van der Waals surface area contributed by atoms with Gasteiger partial charge in [-0.25, -0.2) is 0 Å². The Morgan fingerprint density at radius 1 is 0.941 bits per heavy atom. The Balaban J connectivity index is 1.18. The first-order valence-electron chi connectivity index (χ1n) is 12.3. The summed E-state index contributed by atoms with van der Waals surface area (Å²) in [6.45, 7) is 2.94. The van der Waals surface area contributed by atoms with E-state index in [9.17, 15) is 4.79 Å². The fraction of sp³-hybridized carbons (Fsp3) is 0.345. The van der Waals surface area contributed by atoms with Crippen molar-refractivity contribution >= 4 is 12.0 Å². The van der Waals surface area contributed by atoms with E-state index in [1.165, 1.54) is 30.4 Å². The van der Waals surface area contributed by atoms with E-state index in [-0.39, 0.29) is 11.9 Å². The average molecular weight is 455 g/mol. The Morgan fingerprint density at radius 2 is 1.68 bits per heavy atom. The summed E-state index contributed by atoms with van der Waals surface area (Å²) in [5.74, 6) is 0.724. The van der Waals surface area contributed by atoms with Crippen molar-refractivity contribution in [2.24, 2.45) is 5.92 Å². The number of nitrogens with zero attached hydrogens (tertiary/aromatic N) is 3. The highest BCUT2D eigenvalue weighted by Crippen LogP contribution is 2.33. The Morgan fingerprint density at radius 3 is 2.38 bits per heavy atom. The van der Waals surface area contributed by atoms with E-state index in [1.807, 2.05) is 30.6 Å². The Bertz CT molecular complexity index is 976. The van der Waals surface area contributed by atoms with Gasteiger partial charge in [0.05, 0.1) is 6.04 Å². The largest absolute Gasteiger partial charge is 0.353 e. The summed E-state index contributed by atoms with van der Waals surface area (Å²) >= 11 is 0. The number of nitrogens with one attached hydrogen (secondary N) is 1. The first kappa shape index (κ1) is 23.8. The van der Waals surface area contributed by atoms with Gasteiger partial charge in [-0.15, -0.1) is 0 Å². The van der Waals surface area contributed by atoms with Gasteiger partial charge in [-0.1, -0.05) is 55.3 Å². The van der Waals surface area contributed by atoms with Crippen LogP contribution in [0.4, 0.5) is 0 Å². The van der Waals surface area contributed by atoms with Gasteiger partial charge in [0.2, 0.25) is 5.91 Å². The maximum absolute atomic E-state index is 12.0. The van der Waals surface area contributed by atoms with Gasteiger partial charge < -0.3 is 5.32 Å². The highest BCUT2D eigenvalue weighted by molar-refractivity contribution is 5.91. The molecule has 5 nitrogen and oxygen atoms in total. The van der Waals surface area contributed by atoms with Crippen LogP contribution >= 0.6 is 0 Å². The predicted octanol–water partition coefficient (Wildman–Crippen LogP) is 5.28. The number of likely N-dealkylation sites (tertiary alicyclic amines) is 1. The molecule has 176 valence electrons. The molecule has 0 radical (unpaired) electrons. The molecule has 1 fully saturated rings. The Hall–Kier alpha value is -3.31. The topological polar surface area (TPSA) is 58.1 Å². The SMILES string of the molecule is O=C(/C=C/c1cccnc1)NCCCCC1CCN(C(c2ccccc2)c2cccnc2)CC1. The van der Waals surface area contributed by atoms with Crippen LogP contribution < -0.4 is 5.32 Å². The van der Waals surface area contributed by atoms with E-state index in [1.54, 1.807) is 24.5 Å². The van der Waals surface area contributed by atoms with E-state index in [0.29, 0.717) is 0 Å². The minimum Gasteiger partial charge on any atom is -0.353 e. The lowest BCUT2D eigenvalue weighted by Gasteiger charge is -2.38. The van der Waals surface area contributed by atoms with Crippen LogP contribution in [-0.2, 0) is 4.79 Å². The highest BCUT2D eigenvalue weighted by atomic mass is 16.1. The zero-order chi connectivity index (χ0) is 23.4. The van der Waals surface area contributed by atoms with Crippen LogP contribution in [0.5, 0.6) is 0 Å². The second-order valence-electron chi connectivity index (χ2n) is 8.99. The molecular formula is C29H34N4O. The Kier molecular flexibility index (Phi) is 8.98. The van der Waals surface area contributed by atoms with Crippen molar-refractivity contribution in [3.8, 4) is 0 Å². The highest BCUT2D eigenvalue weighted by Gasteiger charge is 2.27. The van der Waals surface area contributed by atoms with E-state index in [0.717, 1.165) is 44.0 Å². The van der Waals surface area contributed by atoms with E-state index in [4.69, 9.17) is 0 Å². The molecule has 0 bridgehead atoms. The molecule has 0 saturated carbocycles. The minimum atomic E-state index is -0.0421. The van der Waals surface area contributed by atoms with Crippen molar-refractivity contribution in [3.05, 3.63) is 102 Å². The van der Waals surface area contributed by atoms with Crippen LogP contribution in [0.15, 0.2) is 85.5 Å². The van der Waals surface area contributed by atoms with Crippen molar-refractivity contribution in [2.75, 3.05) is 19.6 Å². The standard InChI is InChI=1S/C29H34N4O/c34-28(14-13-25-9-6-17-30-22-25)32-19-5-4-8-24-15-20-33(21-16-24)29(26-10-2-1-3-11-26)27-12-7-18-31-23-27/h1-3,6-7,9-14,17-18,22-24,29H,4-5,8,15-16,19-21H2,(H,32,34)/b14-13+. The monoisotopic (exact) mass is 454 g/mol. The summed E-state index contributed by atoms with van der Waals surface area (Å²) in [5.41, 5.74) is 3.53. The number of unbranched alkanes of at least 4 members (excludes halogenated alkanes) is 1. The Labute approximate surface area is 203 Å². The number of carbonyl (C=O) groups excluding carboxylic acids is 1. The second kappa shape index (κ2) is 12.8. The zero-order valence-corrected chi connectivity index (χ0v) is 19.7. The number of carbonyl (C=O) groups is 1. The molecule has 1 aliphatic rings. The van der Waals surface area contributed by atoms with Gasteiger partial charge in [0.15, 0.2) is 0 Å². The van der Waals surface area contributed by atoms with Gasteiger partial charge in [-0.3, -0.25) is 19.7 Å². The number of aromatic nitrogens is 2. The average Bonchev–Trinajstić information content (AvgIpc) is 2.90. The molecule has 3 heterocycles. The van der Waals surface area contributed by atoms with Crippen LogP contribution in [0.1, 0.15) is 54.8 Å². The van der Waals surface area contributed by atoms with Crippen LogP contribution in [-0.4, -0.2) is 40.4 Å². The number of hydrogen-bond donors (Lipinski definition) is 1. The summed E-state index contributed by atoms with van der Waals surface area (Å²) in [6, 6.07) is 19.1. The molecule has 1 amide bonds. The molecule has 1 atom stereocenters. The molecule has 1 aliphatic heterocycles. The van der Waals surface area contributed by atoms with Gasteiger partial charge in [-0.2, -0.15) is 0 Å². The lowest BCUT2D eigenvalue weighted by atomic mass is 9.89. The maximum Gasteiger partial charge on any atom is 0.243 e. The second-order valence-corrected chi connectivity index (χ2v) is 8.99. The number of hydrogen-bond acceptors (Lipinski definition) is 4. The molecule has 1 N–H and O–H groups in total. The van der Waals surface area contributed by atoms with Gasteiger partial charge in [-0.05, 0) is 73.2 Å². The van der Waals surface area contributed by atoms with Gasteiger partial charge in [0.1, 0.15) is 0 Å². The van der Waals surface area contributed by atoms with Crippen LogP contribution in [0, 0.1) is 5.92 Å². The maximum atomic E-state index is 12.0. The minimum absolute atomic E-state index is 0.0421. The summed E-state index contributed by atoms with van der Waals surface area (Å²) < 4.78 is 0. The number of pyridine rings is 2. The molecule has 34 heavy (non-hydrogen) atoms. The lowest BCUT2D eigenvalue weighted by molar-refractivity contribution is -0.116. The first-order chi connectivity index (χ1) is 16.8. The fourth-order valence-corrected chi connectivity index (χ4v) is 4.76. The molecule has 1 unspecified atom stereocenters. The molecule has 3 aromatic rings. The third-order valence-corrected chi connectivity index (χ3v) is 6.58. The molecular weight excluding hydrogens is 420 g/mol. The smallest absolute Gasteiger partial charge is 0.243 e. The number of rotatable bonds is 10. The molecule has 0 spiro atoms. The predicted molar refractivity (Wildman–Crippen MR) is 137 cm³/mol. The number of piperidine rings is 1. The van der Waals surface area contributed by atoms with Crippen molar-refractivity contribution in [1.82, 2.24) is 20.2 Å². The summed E-state index contributed by atoms with van der Waals surface area (Å²) in [5, 5.41) is 2.99. The van der Waals surface area contributed by atoms with Gasteiger partial charge in [0, 0.05) is 37.4 Å². The molecule has 1 aromatic carbocycles. The van der Waals surface area contributed by atoms with Crippen molar-refractivity contribution < 1.29 is 4.79 Å². The summed E-state index contributed by atoms with van der Waals surface area (Å²) in [7, 11) is 0. The van der Waals surface area contributed by atoms with E-state index in [2.05, 4.69) is 56.6 Å². The van der Waals surface area contributed by atoms with Crippen LogP contribution in [0.25, 0.3) is 6.08 Å². The van der Waals surface area contributed by atoms with Gasteiger partial charge in [0.25, 0.3) is 0 Å². The van der Waals surface area contributed by atoms with Crippen LogP contribution in [0.3, 0.4) is 0 Å². The zero-order valence-electron chi connectivity index (χ0n) is 19.7. The normalized spacial score (nSPS) is 15.9. The third-order valence-electron chi connectivity index (χ3n) is 6.58. The number of benzene rings is 1. The summed E-state index contributed by atoms with van der Waals surface area (Å²) in [4.78, 5) is 23.0. The molecule has 1 saturated heterocycles.